The molecular formula is C29H26ClIN4O4. The molecule has 200 valence electrons. The van der Waals surface area contributed by atoms with Crippen molar-refractivity contribution in [2.75, 3.05) is 11.9 Å². The maximum absolute atomic E-state index is 13.1. The normalized spacial score (nSPS) is 15.3. The van der Waals surface area contributed by atoms with Gasteiger partial charge in [-0.25, -0.2) is 4.98 Å². The Kier molecular flexibility index (Phi) is 7.25. The molecule has 1 aliphatic rings. The van der Waals surface area contributed by atoms with Crippen molar-refractivity contribution >= 4 is 68.4 Å². The molecule has 0 radical (unpaired) electrons. The standard InChI is InChI=1S/C29H26ClIN4O4/c1-14-22(13-32-35-14)17-7-10-19(23(30)11-17)24-20(16-5-8-18(31)9-6-16)12-21-25(33-15(2)36)26(39-28(21)34-24)27(37)29(3,4)38/h5-12,22,32,38H,13H2,1-4H3,(H,33,36). The number of amides is 1. The van der Waals surface area contributed by atoms with Crippen molar-refractivity contribution in [1.29, 1.82) is 0 Å². The molecule has 10 heteroatoms. The maximum atomic E-state index is 13.1. The SMILES string of the molecule is CC(=O)Nc1c(C(=O)C(C)(C)O)oc2nc(-c3ccc(C4CNN=C4C)cc3Cl)c(-c3ccc(I)cc3)cc12. The molecule has 0 saturated heterocycles. The fraction of sp³-hybridized carbons (Fsp3) is 0.241. The maximum Gasteiger partial charge on any atom is 0.231 e. The Morgan fingerprint density at radius 1 is 1.15 bits per heavy atom. The summed E-state index contributed by atoms with van der Waals surface area (Å²) in [7, 11) is 0. The number of fused-ring (bicyclic) bond motifs is 1. The molecule has 1 amide bonds. The van der Waals surface area contributed by atoms with E-state index in [1.54, 1.807) is 0 Å². The molecule has 0 bridgehead atoms. The lowest BCUT2D eigenvalue weighted by Gasteiger charge is -2.15. The minimum atomic E-state index is -1.72. The van der Waals surface area contributed by atoms with Crippen LogP contribution in [0.1, 0.15) is 49.7 Å². The number of halogens is 2. The van der Waals surface area contributed by atoms with Gasteiger partial charge in [-0.15, -0.1) is 0 Å². The molecule has 3 N–H and O–H groups in total. The first-order valence-corrected chi connectivity index (χ1v) is 13.7. The van der Waals surface area contributed by atoms with Crippen LogP contribution in [0.3, 0.4) is 0 Å². The molecule has 2 aromatic heterocycles. The van der Waals surface area contributed by atoms with Crippen LogP contribution in [0.2, 0.25) is 5.02 Å². The number of nitrogens with zero attached hydrogens (tertiary/aromatic N) is 2. The van der Waals surface area contributed by atoms with Crippen LogP contribution in [0, 0.1) is 3.57 Å². The van der Waals surface area contributed by atoms with E-state index in [4.69, 9.17) is 21.0 Å². The van der Waals surface area contributed by atoms with Gasteiger partial charge in [0.2, 0.25) is 17.4 Å². The first kappa shape index (κ1) is 27.3. The average molecular weight is 657 g/mol. The summed E-state index contributed by atoms with van der Waals surface area (Å²) in [4.78, 5) is 30.0. The quantitative estimate of drug-likeness (QED) is 0.164. The fourth-order valence-corrected chi connectivity index (χ4v) is 5.24. The largest absolute Gasteiger partial charge is 0.432 e. The molecule has 0 saturated carbocycles. The number of hydrogen-bond acceptors (Lipinski definition) is 7. The van der Waals surface area contributed by atoms with Crippen LogP contribution in [0.4, 0.5) is 5.69 Å². The van der Waals surface area contributed by atoms with Crippen molar-refractivity contribution in [2.45, 2.75) is 39.2 Å². The number of aromatic nitrogens is 1. The van der Waals surface area contributed by atoms with Crippen LogP contribution in [-0.2, 0) is 4.79 Å². The highest BCUT2D eigenvalue weighted by Gasteiger charge is 2.33. The molecule has 1 atom stereocenters. The first-order valence-electron chi connectivity index (χ1n) is 12.3. The lowest BCUT2D eigenvalue weighted by molar-refractivity contribution is -0.114. The minimum absolute atomic E-state index is 0.128. The van der Waals surface area contributed by atoms with E-state index in [-0.39, 0.29) is 29.0 Å². The van der Waals surface area contributed by atoms with Gasteiger partial charge in [0, 0.05) is 39.8 Å². The zero-order valence-electron chi connectivity index (χ0n) is 21.7. The Labute approximate surface area is 244 Å². The van der Waals surface area contributed by atoms with Crippen molar-refractivity contribution in [3.63, 3.8) is 0 Å². The third-order valence-electron chi connectivity index (χ3n) is 6.61. The zero-order valence-corrected chi connectivity index (χ0v) is 24.6. The highest BCUT2D eigenvalue weighted by Crippen LogP contribution is 2.42. The van der Waals surface area contributed by atoms with Crippen molar-refractivity contribution in [1.82, 2.24) is 10.4 Å². The van der Waals surface area contributed by atoms with Crippen LogP contribution in [-0.4, -0.2) is 39.6 Å². The van der Waals surface area contributed by atoms with Crippen LogP contribution in [0.25, 0.3) is 33.5 Å². The average Bonchev–Trinajstić information content (AvgIpc) is 3.45. The smallest absolute Gasteiger partial charge is 0.231 e. The molecule has 1 unspecified atom stereocenters. The number of carbonyl (C=O) groups is 2. The number of hydrazone groups is 1. The van der Waals surface area contributed by atoms with E-state index < -0.39 is 11.4 Å². The minimum Gasteiger partial charge on any atom is -0.432 e. The topological polar surface area (TPSA) is 117 Å². The van der Waals surface area contributed by atoms with Crippen LogP contribution in [0.15, 0.2) is 58.0 Å². The number of ketones is 1. The summed E-state index contributed by atoms with van der Waals surface area (Å²) >= 11 is 9.11. The van der Waals surface area contributed by atoms with Gasteiger partial charge < -0.3 is 20.3 Å². The molecule has 1 aliphatic heterocycles. The predicted molar refractivity (Wildman–Crippen MR) is 161 cm³/mol. The Morgan fingerprint density at radius 3 is 2.46 bits per heavy atom. The van der Waals surface area contributed by atoms with E-state index in [9.17, 15) is 14.7 Å². The molecule has 2 aromatic carbocycles. The van der Waals surface area contributed by atoms with Gasteiger partial charge in [0.05, 0.1) is 16.1 Å². The van der Waals surface area contributed by atoms with Gasteiger partial charge in [-0.1, -0.05) is 35.9 Å². The van der Waals surface area contributed by atoms with Gasteiger partial charge >= 0.3 is 0 Å². The Balaban J connectivity index is 1.76. The second-order valence-corrected chi connectivity index (χ2v) is 11.7. The van der Waals surface area contributed by atoms with E-state index in [1.165, 1.54) is 20.8 Å². The third-order valence-corrected chi connectivity index (χ3v) is 7.64. The molecule has 4 aromatic rings. The number of pyridine rings is 1. The number of rotatable bonds is 6. The summed E-state index contributed by atoms with van der Waals surface area (Å²) in [6, 6.07) is 15.6. The number of anilines is 1. The van der Waals surface area contributed by atoms with Crippen molar-refractivity contribution in [2.24, 2.45) is 5.10 Å². The number of hydrogen-bond donors (Lipinski definition) is 3. The van der Waals surface area contributed by atoms with E-state index in [0.29, 0.717) is 28.2 Å². The van der Waals surface area contributed by atoms with Crippen molar-refractivity contribution in [3.05, 3.63) is 68.4 Å². The van der Waals surface area contributed by atoms with Gasteiger partial charge in [-0.3, -0.25) is 9.59 Å². The van der Waals surface area contributed by atoms with Crippen LogP contribution in [0.5, 0.6) is 0 Å². The van der Waals surface area contributed by atoms with Crippen LogP contribution < -0.4 is 10.7 Å². The lowest BCUT2D eigenvalue weighted by Crippen LogP contribution is -2.31. The van der Waals surface area contributed by atoms with Gasteiger partial charge in [0.1, 0.15) is 11.3 Å². The molecule has 5 rings (SSSR count). The molecule has 0 fully saturated rings. The summed E-state index contributed by atoms with van der Waals surface area (Å²) in [5, 5.41) is 18.3. The Hall–Kier alpha value is -3.28. The fourth-order valence-electron chi connectivity index (χ4n) is 4.60. The number of benzene rings is 2. The summed E-state index contributed by atoms with van der Waals surface area (Å²) < 4.78 is 6.98. The van der Waals surface area contributed by atoms with E-state index in [2.05, 4.69) is 38.4 Å². The summed E-state index contributed by atoms with van der Waals surface area (Å²) in [6.45, 7) is 6.75. The molecule has 0 aliphatic carbocycles. The van der Waals surface area contributed by atoms with Crippen molar-refractivity contribution in [3.8, 4) is 22.4 Å². The number of aliphatic hydroxyl groups is 1. The van der Waals surface area contributed by atoms with Gasteiger partial charge in [0.15, 0.2) is 5.76 Å². The summed E-state index contributed by atoms with van der Waals surface area (Å²) in [5.41, 5.74) is 6.48. The second kappa shape index (κ2) is 10.4. The number of nitrogens with one attached hydrogen (secondary N) is 2. The second-order valence-electron chi connectivity index (χ2n) is 10.0. The number of carbonyl (C=O) groups excluding carboxylic acids is 2. The number of furan rings is 1. The first-order chi connectivity index (χ1) is 18.4. The zero-order chi connectivity index (χ0) is 28.1. The highest BCUT2D eigenvalue weighted by molar-refractivity contribution is 14.1. The van der Waals surface area contributed by atoms with Crippen molar-refractivity contribution < 1.29 is 19.1 Å². The Morgan fingerprint density at radius 2 is 1.87 bits per heavy atom. The highest BCUT2D eigenvalue weighted by atomic mass is 127. The number of Topliss-reactive ketones (excluding diaryl/α,β-unsaturated/α-hetero) is 1. The molecule has 3 heterocycles. The predicted octanol–water partition coefficient (Wildman–Crippen LogP) is 6.39. The van der Waals surface area contributed by atoms with Gasteiger partial charge in [-0.2, -0.15) is 5.10 Å². The molecule has 8 nitrogen and oxygen atoms in total. The Bertz CT molecular complexity index is 1650. The van der Waals surface area contributed by atoms with E-state index in [1.807, 2.05) is 55.5 Å². The third kappa shape index (κ3) is 5.30. The molecular weight excluding hydrogens is 631 g/mol. The van der Waals surface area contributed by atoms with Gasteiger partial charge in [0.25, 0.3) is 0 Å². The molecule has 39 heavy (non-hydrogen) atoms. The van der Waals surface area contributed by atoms with Crippen LogP contribution >= 0.6 is 34.2 Å². The summed E-state index contributed by atoms with van der Waals surface area (Å²) in [5.74, 6) is -1.10. The van der Waals surface area contributed by atoms with E-state index >= 15 is 0 Å². The lowest BCUT2D eigenvalue weighted by atomic mass is 9.92. The summed E-state index contributed by atoms with van der Waals surface area (Å²) in [6.07, 6.45) is 0. The van der Waals surface area contributed by atoms with Gasteiger partial charge in [-0.05, 0) is 78.8 Å². The van der Waals surface area contributed by atoms with E-state index in [0.717, 1.165) is 26.0 Å². The molecule has 0 spiro atoms. The monoisotopic (exact) mass is 656 g/mol.